The molecule has 4 rings (SSSR count). The second-order valence-corrected chi connectivity index (χ2v) is 9.11. The van der Waals surface area contributed by atoms with Gasteiger partial charge in [-0.2, -0.15) is 0 Å². The molecule has 0 atom stereocenters. The minimum absolute atomic E-state index is 0.123. The number of benzene rings is 3. The molecule has 1 aromatic heterocycles. The lowest BCUT2D eigenvalue weighted by Crippen LogP contribution is -2.10. The van der Waals surface area contributed by atoms with Crippen LogP contribution in [0.1, 0.15) is 47.2 Å². The summed E-state index contributed by atoms with van der Waals surface area (Å²) in [5.41, 5.74) is 3.59. The highest BCUT2D eigenvalue weighted by molar-refractivity contribution is 7.99. The predicted octanol–water partition coefficient (Wildman–Crippen LogP) is 6.28. The summed E-state index contributed by atoms with van der Waals surface area (Å²) in [5, 5.41) is 20.9. The number of aromatic nitrogens is 2. The molecule has 0 aliphatic heterocycles. The third-order valence-electron chi connectivity index (χ3n) is 5.77. The number of hydrogen-bond donors (Lipinski definition) is 2. The van der Waals surface area contributed by atoms with E-state index in [9.17, 15) is 15.0 Å². The SMILES string of the molecule is CCCCc1nc(Sc2ccccc2)c(CO)n1Cc1ccccc1-c1ccccc1C(=O)O. The van der Waals surface area contributed by atoms with Crippen LogP contribution in [0.3, 0.4) is 0 Å². The molecule has 3 aromatic carbocycles. The highest BCUT2D eigenvalue weighted by atomic mass is 32.2. The summed E-state index contributed by atoms with van der Waals surface area (Å²) in [4.78, 5) is 17.9. The summed E-state index contributed by atoms with van der Waals surface area (Å²) in [6, 6.07) is 25.0. The van der Waals surface area contributed by atoms with Crippen LogP contribution < -0.4 is 0 Å². The first-order valence-electron chi connectivity index (χ1n) is 11.4. The molecule has 0 saturated carbocycles. The smallest absolute Gasteiger partial charge is 0.336 e. The monoisotopic (exact) mass is 472 g/mol. The van der Waals surface area contributed by atoms with Gasteiger partial charge in [0.2, 0.25) is 0 Å². The van der Waals surface area contributed by atoms with E-state index in [0.29, 0.717) is 12.1 Å². The maximum Gasteiger partial charge on any atom is 0.336 e. The van der Waals surface area contributed by atoms with Crippen LogP contribution in [-0.4, -0.2) is 25.7 Å². The fourth-order valence-electron chi connectivity index (χ4n) is 4.06. The van der Waals surface area contributed by atoms with Crippen LogP contribution in [0.5, 0.6) is 0 Å². The molecule has 6 heteroatoms. The fourth-order valence-corrected chi connectivity index (χ4v) is 5.02. The molecular formula is C28H28N2O3S. The van der Waals surface area contributed by atoms with Gasteiger partial charge in [-0.1, -0.05) is 85.8 Å². The van der Waals surface area contributed by atoms with Crippen LogP contribution in [0.25, 0.3) is 11.1 Å². The molecule has 0 amide bonds. The number of hydrogen-bond acceptors (Lipinski definition) is 4. The summed E-state index contributed by atoms with van der Waals surface area (Å²) in [5.74, 6) is -0.0140. The van der Waals surface area contributed by atoms with Gasteiger partial charge >= 0.3 is 5.97 Å². The van der Waals surface area contributed by atoms with E-state index in [2.05, 4.69) is 11.5 Å². The summed E-state index contributed by atoms with van der Waals surface area (Å²) >= 11 is 1.56. The molecule has 4 aromatic rings. The topological polar surface area (TPSA) is 75.4 Å². The second-order valence-electron chi connectivity index (χ2n) is 8.05. The molecular weight excluding hydrogens is 444 g/mol. The zero-order chi connectivity index (χ0) is 23.9. The van der Waals surface area contributed by atoms with Gasteiger partial charge in [0, 0.05) is 17.9 Å². The Kier molecular flexibility index (Phi) is 7.83. The van der Waals surface area contributed by atoms with Crippen molar-refractivity contribution >= 4 is 17.7 Å². The number of aliphatic hydroxyl groups excluding tert-OH is 1. The average molecular weight is 473 g/mol. The van der Waals surface area contributed by atoms with Crippen LogP contribution in [0.4, 0.5) is 0 Å². The minimum Gasteiger partial charge on any atom is -0.478 e. The molecule has 0 unspecified atom stereocenters. The Labute approximate surface area is 204 Å². The molecule has 5 nitrogen and oxygen atoms in total. The van der Waals surface area contributed by atoms with Crippen molar-refractivity contribution in [2.75, 3.05) is 0 Å². The van der Waals surface area contributed by atoms with E-state index in [1.807, 2.05) is 66.7 Å². The number of unbranched alkanes of at least 4 members (excludes halogenated alkanes) is 1. The number of imidazole rings is 1. The van der Waals surface area contributed by atoms with E-state index in [1.54, 1.807) is 23.9 Å². The first-order valence-corrected chi connectivity index (χ1v) is 12.3. The molecule has 0 radical (unpaired) electrons. The van der Waals surface area contributed by atoms with E-state index in [0.717, 1.165) is 51.8 Å². The number of aromatic carboxylic acids is 1. The highest BCUT2D eigenvalue weighted by Gasteiger charge is 2.20. The third kappa shape index (κ3) is 5.24. The van der Waals surface area contributed by atoms with Gasteiger partial charge in [-0.05, 0) is 41.3 Å². The quantitative estimate of drug-likeness (QED) is 0.284. The van der Waals surface area contributed by atoms with Gasteiger partial charge < -0.3 is 14.8 Å². The van der Waals surface area contributed by atoms with Crippen molar-refractivity contribution in [3.8, 4) is 11.1 Å². The summed E-state index contributed by atoms with van der Waals surface area (Å²) in [6.45, 7) is 2.53. The molecule has 0 saturated heterocycles. The molecule has 1 heterocycles. The van der Waals surface area contributed by atoms with Crippen molar-refractivity contribution in [3.63, 3.8) is 0 Å². The predicted molar refractivity (Wildman–Crippen MR) is 135 cm³/mol. The average Bonchev–Trinajstić information content (AvgIpc) is 3.19. The zero-order valence-corrected chi connectivity index (χ0v) is 20.0. The Balaban J connectivity index is 1.78. The van der Waals surface area contributed by atoms with Gasteiger partial charge in [0.05, 0.1) is 17.9 Å². The van der Waals surface area contributed by atoms with Crippen LogP contribution in [-0.2, 0) is 19.6 Å². The van der Waals surface area contributed by atoms with E-state index in [4.69, 9.17) is 4.98 Å². The van der Waals surface area contributed by atoms with Gasteiger partial charge in [0.15, 0.2) is 0 Å². The number of carbonyl (C=O) groups is 1. The van der Waals surface area contributed by atoms with Crippen LogP contribution in [0, 0.1) is 0 Å². The molecule has 0 bridgehead atoms. The van der Waals surface area contributed by atoms with E-state index < -0.39 is 5.97 Å². The van der Waals surface area contributed by atoms with E-state index in [1.165, 1.54) is 0 Å². The maximum atomic E-state index is 11.9. The lowest BCUT2D eigenvalue weighted by Gasteiger charge is -2.16. The number of nitrogens with zero attached hydrogens (tertiary/aromatic N) is 2. The van der Waals surface area contributed by atoms with Crippen molar-refractivity contribution in [3.05, 3.63) is 102 Å². The van der Waals surface area contributed by atoms with Crippen LogP contribution in [0.15, 0.2) is 88.8 Å². The molecule has 0 spiro atoms. The first kappa shape index (κ1) is 23.8. The van der Waals surface area contributed by atoms with Crippen molar-refractivity contribution in [1.29, 1.82) is 0 Å². The van der Waals surface area contributed by atoms with E-state index >= 15 is 0 Å². The number of carboxylic acids is 1. The lowest BCUT2D eigenvalue weighted by atomic mass is 9.95. The van der Waals surface area contributed by atoms with Crippen molar-refractivity contribution in [1.82, 2.24) is 9.55 Å². The third-order valence-corrected chi connectivity index (χ3v) is 6.80. The molecule has 0 fully saturated rings. The summed E-state index contributed by atoms with van der Waals surface area (Å²) in [6.07, 6.45) is 2.86. The highest BCUT2D eigenvalue weighted by Crippen LogP contribution is 2.33. The van der Waals surface area contributed by atoms with Crippen molar-refractivity contribution in [2.24, 2.45) is 0 Å². The molecule has 174 valence electrons. The Morgan fingerprint density at radius 2 is 1.62 bits per heavy atom. The van der Waals surface area contributed by atoms with Crippen LogP contribution >= 0.6 is 11.8 Å². The Morgan fingerprint density at radius 3 is 2.32 bits per heavy atom. The number of rotatable bonds is 10. The zero-order valence-electron chi connectivity index (χ0n) is 19.1. The largest absolute Gasteiger partial charge is 0.478 e. The number of aliphatic hydroxyl groups is 1. The molecule has 0 aliphatic rings. The first-order chi connectivity index (χ1) is 16.6. The van der Waals surface area contributed by atoms with E-state index in [-0.39, 0.29) is 12.2 Å². The normalized spacial score (nSPS) is 11.0. The lowest BCUT2D eigenvalue weighted by molar-refractivity contribution is 0.0697. The second kappa shape index (κ2) is 11.2. The number of aryl methyl sites for hydroxylation is 1. The minimum atomic E-state index is -0.950. The Bertz CT molecular complexity index is 1270. The fraction of sp³-hybridized carbons (Fsp3) is 0.214. The van der Waals surface area contributed by atoms with Gasteiger partial charge in [-0.15, -0.1) is 0 Å². The van der Waals surface area contributed by atoms with Gasteiger partial charge in [-0.25, -0.2) is 9.78 Å². The Hall–Kier alpha value is -3.35. The van der Waals surface area contributed by atoms with Crippen molar-refractivity contribution < 1.29 is 15.0 Å². The van der Waals surface area contributed by atoms with Gasteiger partial charge in [-0.3, -0.25) is 0 Å². The standard InChI is InChI=1S/C28H28N2O3S/c1-2-3-17-26-29-27(34-21-12-5-4-6-13-21)25(19-31)30(26)18-20-11-7-8-14-22(20)23-15-9-10-16-24(23)28(32)33/h4-16,31H,2-3,17-19H2,1H3,(H,32,33). The van der Waals surface area contributed by atoms with Gasteiger partial charge in [0.25, 0.3) is 0 Å². The number of carboxylic acid groups (broad SMARTS) is 1. The summed E-state index contributed by atoms with van der Waals surface area (Å²) in [7, 11) is 0. The van der Waals surface area contributed by atoms with Crippen LogP contribution in [0.2, 0.25) is 0 Å². The molecule has 0 aliphatic carbocycles. The Morgan fingerprint density at radius 1 is 0.941 bits per heavy atom. The molecule has 2 N–H and O–H groups in total. The summed E-state index contributed by atoms with van der Waals surface area (Å²) < 4.78 is 2.10. The molecule has 34 heavy (non-hydrogen) atoms. The maximum absolute atomic E-state index is 11.9. The van der Waals surface area contributed by atoms with Gasteiger partial charge in [0.1, 0.15) is 10.9 Å². The van der Waals surface area contributed by atoms with Crippen molar-refractivity contribution in [2.45, 2.75) is 49.3 Å².